The van der Waals surface area contributed by atoms with Gasteiger partial charge in [-0.05, 0) is 19.1 Å². The lowest BCUT2D eigenvalue weighted by atomic mass is 10.1. The molecule has 0 radical (unpaired) electrons. The summed E-state index contributed by atoms with van der Waals surface area (Å²) < 4.78 is 1.44. The first-order valence-electron chi connectivity index (χ1n) is 6.27. The van der Waals surface area contributed by atoms with Gasteiger partial charge in [0.05, 0.1) is 11.7 Å². The molecule has 0 unspecified atom stereocenters. The van der Waals surface area contributed by atoms with Crippen LogP contribution in [0, 0.1) is 0 Å². The summed E-state index contributed by atoms with van der Waals surface area (Å²) in [6, 6.07) is 9.20. The summed E-state index contributed by atoms with van der Waals surface area (Å²) in [6.45, 7) is 1.59. The summed E-state index contributed by atoms with van der Waals surface area (Å²) in [7, 11) is 0. The molecule has 0 spiro atoms. The van der Waals surface area contributed by atoms with E-state index in [9.17, 15) is 4.79 Å². The number of nitrogens with zero attached hydrogens (tertiary/aromatic N) is 3. The fraction of sp³-hybridized carbons (Fsp3) is 0.133. The second-order valence-electron chi connectivity index (χ2n) is 4.64. The number of pyridine rings is 1. The van der Waals surface area contributed by atoms with Crippen LogP contribution in [0.2, 0.25) is 0 Å². The maximum absolute atomic E-state index is 10.9. The van der Waals surface area contributed by atoms with E-state index in [1.54, 1.807) is 25.5 Å². The minimum Gasteiger partial charge on any atom is -0.480 e. The molecule has 100 valence electrons. The van der Waals surface area contributed by atoms with Crippen molar-refractivity contribution in [1.82, 2.24) is 14.8 Å². The average molecular weight is 267 g/mol. The molecule has 1 atom stereocenters. The molecule has 0 amide bonds. The molecular formula is C15H13N3O2. The predicted molar refractivity (Wildman–Crippen MR) is 75.3 cm³/mol. The quantitative estimate of drug-likeness (QED) is 0.792. The molecule has 2 aromatic heterocycles. The van der Waals surface area contributed by atoms with Crippen LogP contribution in [0.3, 0.4) is 0 Å². The van der Waals surface area contributed by atoms with Crippen LogP contribution in [0.4, 0.5) is 0 Å². The fourth-order valence-electron chi connectivity index (χ4n) is 2.04. The van der Waals surface area contributed by atoms with E-state index >= 15 is 0 Å². The van der Waals surface area contributed by atoms with Crippen molar-refractivity contribution in [2.75, 3.05) is 0 Å². The Morgan fingerprint density at radius 1 is 1.25 bits per heavy atom. The fourth-order valence-corrected chi connectivity index (χ4v) is 2.04. The van der Waals surface area contributed by atoms with Crippen LogP contribution in [0.5, 0.6) is 0 Å². The molecule has 0 bridgehead atoms. The Morgan fingerprint density at radius 3 is 2.85 bits per heavy atom. The van der Waals surface area contributed by atoms with E-state index in [4.69, 9.17) is 5.11 Å². The smallest absolute Gasteiger partial charge is 0.328 e. The molecule has 20 heavy (non-hydrogen) atoms. The number of hydrogen-bond donors (Lipinski definition) is 1. The summed E-state index contributed by atoms with van der Waals surface area (Å²) in [4.78, 5) is 15.3. The van der Waals surface area contributed by atoms with E-state index in [2.05, 4.69) is 10.1 Å². The van der Waals surface area contributed by atoms with E-state index < -0.39 is 12.0 Å². The van der Waals surface area contributed by atoms with Gasteiger partial charge in [-0.2, -0.15) is 5.10 Å². The number of aromatic nitrogens is 3. The van der Waals surface area contributed by atoms with Crippen LogP contribution < -0.4 is 0 Å². The van der Waals surface area contributed by atoms with E-state index in [-0.39, 0.29) is 0 Å². The number of carbonyl (C=O) groups is 1. The number of rotatable bonds is 3. The number of carboxylic acids is 1. The first kappa shape index (κ1) is 12.3. The number of carboxylic acid groups (broad SMARTS) is 1. The van der Waals surface area contributed by atoms with Crippen molar-refractivity contribution >= 4 is 16.9 Å². The largest absolute Gasteiger partial charge is 0.480 e. The summed E-state index contributed by atoms with van der Waals surface area (Å²) in [5.74, 6) is -0.906. The van der Waals surface area contributed by atoms with Gasteiger partial charge < -0.3 is 5.11 Å². The van der Waals surface area contributed by atoms with Gasteiger partial charge in [0, 0.05) is 28.9 Å². The topological polar surface area (TPSA) is 68.0 Å². The highest BCUT2D eigenvalue weighted by Crippen LogP contribution is 2.23. The summed E-state index contributed by atoms with van der Waals surface area (Å²) >= 11 is 0. The molecule has 0 aliphatic carbocycles. The Balaban J connectivity index is 2.01. The van der Waals surface area contributed by atoms with Crippen molar-refractivity contribution in [1.29, 1.82) is 0 Å². The van der Waals surface area contributed by atoms with Gasteiger partial charge in [0.25, 0.3) is 0 Å². The molecule has 2 heterocycles. The van der Waals surface area contributed by atoms with Gasteiger partial charge in [0.2, 0.25) is 0 Å². The summed E-state index contributed by atoms with van der Waals surface area (Å²) in [5.41, 5.74) is 2.71. The molecule has 0 aliphatic rings. The lowest BCUT2D eigenvalue weighted by Crippen LogP contribution is -2.15. The molecule has 1 aromatic carbocycles. The van der Waals surface area contributed by atoms with Crippen LogP contribution in [0.25, 0.3) is 22.0 Å². The lowest BCUT2D eigenvalue weighted by Gasteiger charge is -2.05. The van der Waals surface area contributed by atoms with Crippen LogP contribution in [-0.4, -0.2) is 25.8 Å². The minimum absolute atomic E-state index is 0.683. The van der Waals surface area contributed by atoms with Crippen LogP contribution >= 0.6 is 0 Å². The van der Waals surface area contributed by atoms with Crippen molar-refractivity contribution in [2.24, 2.45) is 0 Å². The number of para-hydroxylation sites is 1. The maximum Gasteiger partial charge on any atom is 0.328 e. The minimum atomic E-state index is -0.906. The normalized spacial score (nSPS) is 12.4. The third-order valence-corrected chi connectivity index (χ3v) is 3.28. The monoisotopic (exact) mass is 267 g/mol. The Hall–Kier alpha value is -2.69. The highest BCUT2D eigenvalue weighted by atomic mass is 16.4. The molecule has 0 saturated carbocycles. The van der Waals surface area contributed by atoms with E-state index in [1.807, 2.05) is 30.3 Å². The standard InChI is InChI=1S/C15H13N3O2/c1-10(15(19)20)18-9-13(8-17-18)12-6-11-4-2-3-5-14(11)16-7-12/h2-10H,1H3,(H,19,20)/t10-/m1/s1. The number of benzene rings is 1. The molecule has 0 saturated heterocycles. The van der Waals surface area contributed by atoms with E-state index in [0.29, 0.717) is 0 Å². The lowest BCUT2D eigenvalue weighted by molar-refractivity contribution is -0.140. The molecular weight excluding hydrogens is 254 g/mol. The maximum atomic E-state index is 10.9. The average Bonchev–Trinajstić information content (AvgIpc) is 2.95. The van der Waals surface area contributed by atoms with Crippen molar-refractivity contribution in [3.8, 4) is 11.1 Å². The van der Waals surface area contributed by atoms with Gasteiger partial charge in [-0.15, -0.1) is 0 Å². The molecule has 3 rings (SSSR count). The number of hydrogen-bond acceptors (Lipinski definition) is 3. The van der Waals surface area contributed by atoms with Crippen molar-refractivity contribution in [3.63, 3.8) is 0 Å². The van der Waals surface area contributed by atoms with Gasteiger partial charge in [0.15, 0.2) is 0 Å². The van der Waals surface area contributed by atoms with Gasteiger partial charge in [-0.1, -0.05) is 18.2 Å². The third-order valence-electron chi connectivity index (χ3n) is 3.28. The van der Waals surface area contributed by atoms with Gasteiger partial charge in [-0.3, -0.25) is 9.67 Å². The van der Waals surface area contributed by atoms with Crippen molar-refractivity contribution in [3.05, 3.63) is 48.9 Å². The SMILES string of the molecule is C[C@H](C(=O)O)n1cc(-c2cnc3ccccc3c2)cn1. The Labute approximate surface area is 115 Å². The molecule has 3 aromatic rings. The summed E-state index contributed by atoms with van der Waals surface area (Å²) in [6.07, 6.45) is 5.16. The molecule has 5 nitrogen and oxygen atoms in total. The third kappa shape index (κ3) is 2.14. The zero-order valence-electron chi connectivity index (χ0n) is 10.9. The van der Waals surface area contributed by atoms with Crippen molar-refractivity contribution in [2.45, 2.75) is 13.0 Å². The van der Waals surface area contributed by atoms with E-state index in [1.165, 1.54) is 4.68 Å². The number of aliphatic carboxylic acids is 1. The second-order valence-corrected chi connectivity index (χ2v) is 4.64. The zero-order valence-corrected chi connectivity index (χ0v) is 10.9. The molecule has 5 heteroatoms. The second kappa shape index (κ2) is 4.77. The summed E-state index contributed by atoms with van der Waals surface area (Å²) in [5, 5.41) is 14.1. The Kier molecular flexibility index (Phi) is 2.95. The Morgan fingerprint density at radius 2 is 2.05 bits per heavy atom. The molecule has 1 N–H and O–H groups in total. The van der Waals surface area contributed by atoms with Crippen LogP contribution in [-0.2, 0) is 4.79 Å². The zero-order chi connectivity index (χ0) is 14.1. The van der Waals surface area contributed by atoms with Gasteiger partial charge in [-0.25, -0.2) is 4.79 Å². The van der Waals surface area contributed by atoms with Crippen molar-refractivity contribution < 1.29 is 9.90 Å². The Bertz CT molecular complexity index is 779. The highest BCUT2D eigenvalue weighted by Gasteiger charge is 2.14. The molecule has 0 fully saturated rings. The first-order valence-corrected chi connectivity index (χ1v) is 6.27. The van der Waals surface area contributed by atoms with E-state index in [0.717, 1.165) is 22.0 Å². The van der Waals surface area contributed by atoms with Crippen LogP contribution in [0.15, 0.2) is 48.9 Å². The van der Waals surface area contributed by atoms with Crippen LogP contribution in [0.1, 0.15) is 13.0 Å². The van der Waals surface area contributed by atoms with Gasteiger partial charge >= 0.3 is 5.97 Å². The highest BCUT2D eigenvalue weighted by molar-refractivity contribution is 5.83. The first-order chi connectivity index (χ1) is 9.65. The predicted octanol–water partition coefficient (Wildman–Crippen LogP) is 2.74. The van der Waals surface area contributed by atoms with Gasteiger partial charge in [0.1, 0.15) is 6.04 Å². The molecule has 0 aliphatic heterocycles. The number of fused-ring (bicyclic) bond motifs is 1.